The molecule has 0 heterocycles. The van der Waals surface area contributed by atoms with Crippen molar-refractivity contribution in [2.24, 2.45) is 0 Å². The minimum atomic E-state index is -5.35. The molecule has 2 aromatic carbocycles. The van der Waals surface area contributed by atoms with Crippen LogP contribution < -0.4 is 68.6 Å². The number of hydrogen-bond acceptors (Lipinski definition) is 11. The molecule has 2 rings (SSSR count). The third-order valence-corrected chi connectivity index (χ3v) is 5.35. The summed E-state index contributed by atoms with van der Waals surface area (Å²) in [6.07, 6.45) is 0. The summed E-state index contributed by atoms with van der Waals surface area (Å²) < 4.78 is 79.2. The molecule has 0 aliphatic heterocycles. The summed E-state index contributed by atoms with van der Waals surface area (Å²) in [5, 5.41) is 19.4. The van der Waals surface area contributed by atoms with Gasteiger partial charge >= 0.3 is 59.1 Å². The van der Waals surface area contributed by atoms with Gasteiger partial charge in [0.1, 0.15) is 53.0 Å². The van der Waals surface area contributed by atoms with E-state index in [2.05, 4.69) is 0 Å². The Morgan fingerprint density at radius 1 is 0.767 bits per heavy atom. The summed E-state index contributed by atoms with van der Waals surface area (Å²) >= 11 is 0. The molecule has 0 radical (unpaired) electrons. The van der Waals surface area contributed by atoms with E-state index in [1.54, 1.807) is 0 Å². The molecule has 0 aliphatic rings. The second kappa shape index (κ2) is 10.6. The second-order valence-corrected chi connectivity index (χ2v) is 7.92. The average Bonchev–Trinajstić information content (AvgIpc) is 2.57. The fourth-order valence-electron chi connectivity index (χ4n) is 2.48. The van der Waals surface area contributed by atoms with E-state index in [4.69, 9.17) is 9.47 Å². The zero-order chi connectivity index (χ0) is 21.4. The molecule has 0 spiro atoms. The molecule has 30 heavy (non-hydrogen) atoms. The number of ketones is 1. The molecule has 0 fully saturated rings. The van der Waals surface area contributed by atoms with Gasteiger partial charge in [-0.05, 0) is 12.1 Å². The predicted molar refractivity (Wildman–Crippen MR) is 88.7 cm³/mol. The van der Waals surface area contributed by atoms with Crippen molar-refractivity contribution >= 4 is 26.0 Å². The first kappa shape index (κ1) is 29.1. The first-order chi connectivity index (χ1) is 12.8. The maximum atomic E-state index is 12.9. The van der Waals surface area contributed by atoms with Crippen molar-refractivity contribution < 1.29 is 110 Å². The van der Waals surface area contributed by atoms with E-state index in [1.807, 2.05) is 0 Å². The Bertz CT molecular complexity index is 1080. The van der Waals surface area contributed by atoms with Gasteiger partial charge < -0.3 is 28.8 Å². The van der Waals surface area contributed by atoms with Gasteiger partial charge in [0.2, 0.25) is 0 Å². The van der Waals surface area contributed by atoms with Crippen LogP contribution in [0.25, 0.3) is 0 Å². The largest absolute Gasteiger partial charge is 1.00 e. The van der Waals surface area contributed by atoms with Gasteiger partial charge in [-0.2, -0.15) is 0 Å². The number of ether oxygens (including phenoxy) is 2. The Morgan fingerprint density at radius 2 is 1.07 bits per heavy atom. The quantitative estimate of drug-likeness (QED) is 0.228. The number of carbonyl (C=O) groups excluding carboxylic acids is 1. The van der Waals surface area contributed by atoms with E-state index in [1.165, 1.54) is 0 Å². The minimum absolute atomic E-state index is 0. The van der Waals surface area contributed by atoms with Crippen LogP contribution in [0.4, 0.5) is 0 Å². The molecular formula is C15H12Na2O11S2. The molecule has 2 N–H and O–H groups in total. The summed E-state index contributed by atoms with van der Waals surface area (Å²) in [4.78, 5) is 10.5. The van der Waals surface area contributed by atoms with Crippen LogP contribution in [0.5, 0.6) is 23.0 Å². The topological polar surface area (TPSA) is 190 Å². The molecule has 152 valence electrons. The number of methoxy groups -OCH3 is 2. The molecule has 2 aromatic rings. The first-order valence-electron chi connectivity index (χ1n) is 7.09. The van der Waals surface area contributed by atoms with Gasteiger partial charge in [0.05, 0.1) is 14.2 Å². The molecule has 11 nitrogen and oxygen atoms in total. The van der Waals surface area contributed by atoms with E-state index in [0.29, 0.717) is 12.1 Å². The van der Waals surface area contributed by atoms with Gasteiger partial charge in [-0.1, -0.05) is 0 Å². The Hall–Kier alpha value is -0.870. The second-order valence-electron chi connectivity index (χ2n) is 5.29. The van der Waals surface area contributed by atoms with Crippen LogP contribution in [0.3, 0.4) is 0 Å². The van der Waals surface area contributed by atoms with Gasteiger partial charge in [-0.25, -0.2) is 16.8 Å². The van der Waals surface area contributed by atoms with Crippen LogP contribution in [0.15, 0.2) is 34.1 Å². The third kappa shape index (κ3) is 6.09. The van der Waals surface area contributed by atoms with Gasteiger partial charge in [-0.15, -0.1) is 0 Å². The Kier molecular flexibility index (Phi) is 10.3. The molecule has 0 aliphatic carbocycles. The maximum absolute atomic E-state index is 12.9. The fourth-order valence-corrected chi connectivity index (χ4v) is 4.10. The van der Waals surface area contributed by atoms with Crippen molar-refractivity contribution in [3.05, 3.63) is 35.4 Å². The third-order valence-electron chi connectivity index (χ3n) is 3.51. The molecule has 0 aromatic heterocycles. The summed E-state index contributed by atoms with van der Waals surface area (Å²) in [7, 11) is -8.77. The van der Waals surface area contributed by atoms with Crippen LogP contribution in [-0.2, 0) is 20.2 Å². The number of phenolic OH excluding ortho intramolecular Hbond substituents is 2. The molecule has 0 bridgehead atoms. The number of carbonyl (C=O) groups is 1. The number of aromatic hydroxyl groups is 2. The number of hydrogen-bond donors (Lipinski definition) is 2. The summed E-state index contributed by atoms with van der Waals surface area (Å²) in [6, 6.07) is 2.65. The molecule has 0 atom stereocenters. The van der Waals surface area contributed by atoms with E-state index < -0.39 is 69.9 Å². The van der Waals surface area contributed by atoms with Gasteiger partial charge in [0, 0.05) is 23.3 Å². The minimum Gasteiger partial charge on any atom is -0.744 e. The Balaban J connectivity index is 0.00000420. The number of benzene rings is 2. The monoisotopic (exact) mass is 478 g/mol. The first-order valence-corrected chi connectivity index (χ1v) is 9.91. The van der Waals surface area contributed by atoms with Crippen molar-refractivity contribution in [2.75, 3.05) is 14.2 Å². The summed E-state index contributed by atoms with van der Waals surface area (Å²) in [6.45, 7) is 0. The average molecular weight is 478 g/mol. The number of rotatable bonds is 6. The van der Waals surface area contributed by atoms with E-state index in [9.17, 15) is 40.9 Å². The molecule has 0 amide bonds. The predicted octanol–water partition coefficient (Wildman–Crippen LogP) is -5.84. The van der Waals surface area contributed by atoms with E-state index >= 15 is 0 Å². The molecular weight excluding hydrogens is 466 g/mol. The standard InChI is InChI=1S/C15H14O11S2.2Na/c1-25-11-5-7(16)3-9(14(11)27(19,20)21)13(18)10-4-8(17)6-12(26-2)15(10)28(22,23)24;;/h3-6,16-17H,1-2H3,(H,19,20,21)(H,22,23,24);;/q;2*+1/p-2. The van der Waals surface area contributed by atoms with Crippen LogP contribution in [0.2, 0.25) is 0 Å². The smallest absolute Gasteiger partial charge is 0.744 e. The molecule has 15 heteroatoms. The number of phenols is 2. The van der Waals surface area contributed by atoms with Crippen molar-refractivity contribution in [1.29, 1.82) is 0 Å². The Morgan fingerprint density at radius 3 is 1.30 bits per heavy atom. The van der Waals surface area contributed by atoms with E-state index in [0.717, 1.165) is 26.4 Å². The van der Waals surface area contributed by atoms with Crippen molar-refractivity contribution in [1.82, 2.24) is 0 Å². The Labute approximate surface area is 216 Å². The molecule has 0 unspecified atom stereocenters. The van der Waals surface area contributed by atoms with Crippen molar-refractivity contribution in [3.8, 4) is 23.0 Å². The van der Waals surface area contributed by atoms with Gasteiger partial charge in [-0.3, -0.25) is 4.79 Å². The summed E-state index contributed by atoms with van der Waals surface area (Å²) in [5.74, 6) is -4.21. The van der Waals surface area contributed by atoms with Crippen LogP contribution in [0, 0.1) is 0 Å². The van der Waals surface area contributed by atoms with Crippen LogP contribution >= 0.6 is 0 Å². The van der Waals surface area contributed by atoms with Crippen molar-refractivity contribution in [2.45, 2.75) is 9.79 Å². The van der Waals surface area contributed by atoms with Crippen LogP contribution in [0.1, 0.15) is 15.9 Å². The van der Waals surface area contributed by atoms with Crippen LogP contribution in [-0.4, -0.2) is 56.2 Å². The zero-order valence-corrected chi connectivity index (χ0v) is 21.8. The SMILES string of the molecule is COc1cc(O)cc(C(=O)c2cc(O)cc(OC)c2S(=O)(=O)[O-])c1S(=O)(=O)[O-].[Na+].[Na+]. The zero-order valence-electron chi connectivity index (χ0n) is 16.2. The summed E-state index contributed by atoms with van der Waals surface area (Å²) in [5.41, 5.74) is -1.94. The molecule has 0 saturated carbocycles. The van der Waals surface area contributed by atoms with Gasteiger partial charge in [0.15, 0.2) is 5.78 Å². The normalized spacial score (nSPS) is 11.1. The van der Waals surface area contributed by atoms with Crippen molar-refractivity contribution in [3.63, 3.8) is 0 Å². The maximum Gasteiger partial charge on any atom is 1.00 e. The molecule has 0 saturated heterocycles. The fraction of sp³-hybridized carbons (Fsp3) is 0.133. The van der Waals surface area contributed by atoms with Gasteiger partial charge in [0.25, 0.3) is 0 Å². The van der Waals surface area contributed by atoms with E-state index in [-0.39, 0.29) is 59.1 Å².